The number of nitro groups is 3. The number of hydrogen-bond donors (Lipinski definition) is 1. The first kappa shape index (κ1) is 12.1. The van der Waals surface area contributed by atoms with E-state index in [-0.39, 0.29) is 0 Å². The minimum atomic E-state index is -0.966. The molecule has 13 heteroatoms. The lowest BCUT2D eigenvalue weighted by molar-refractivity contribution is -0.393. The van der Waals surface area contributed by atoms with Gasteiger partial charge in [0.15, 0.2) is 0 Å². The molecular formula is C6H3N7O6. The van der Waals surface area contributed by atoms with Crippen LogP contribution in [0.5, 0.6) is 0 Å². The van der Waals surface area contributed by atoms with Crippen molar-refractivity contribution in [3.8, 4) is 5.69 Å². The lowest BCUT2D eigenvalue weighted by Gasteiger charge is -1.96. The van der Waals surface area contributed by atoms with Crippen molar-refractivity contribution in [1.29, 1.82) is 0 Å². The van der Waals surface area contributed by atoms with Crippen LogP contribution in [0.2, 0.25) is 0 Å². The molecule has 0 fully saturated rings. The summed E-state index contributed by atoms with van der Waals surface area (Å²) in [7, 11) is 0. The summed E-state index contributed by atoms with van der Waals surface area (Å²) in [4.78, 5) is 29.2. The van der Waals surface area contributed by atoms with Crippen molar-refractivity contribution in [2.24, 2.45) is 0 Å². The molecular weight excluding hydrogens is 266 g/mol. The number of H-pyrrole nitrogens is 1. The molecule has 19 heavy (non-hydrogen) atoms. The summed E-state index contributed by atoms with van der Waals surface area (Å²) < 4.78 is 0.651. The fourth-order valence-corrected chi connectivity index (χ4v) is 1.31. The molecule has 2 aromatic rings. The molecule has 0 bridgehead atoms. The van der Waals surface area contributed by atoms with Crippen molar-refractivity contribution in [2.45, 2.75) is 0 Å². The maximum atomic E-state index is 10.7. The molecule has 0 saturated heterocycles. The zero-order valence-electron chi connectivity index (χ0n) is 8.79. The molecule has 2 heterocycles. The molecule has 1 N–H and O–H groups in total. The highest BCUT2D eigenvalue weighted by Crippen LogP contribution is 2.29. The third kappa shape index (κ3) is 1.94. The van der Waals surface area contributed by atoms with E-state index < -0.39 is 37.8 Å². The van der Waals surface area contributed by atoms with Crippen LogP contribution in [0.3, 0.4) is 0 Å². The second-order valence-electron chi connectivity index (χ2n) is 3.16. The smallest absolute Gasteiger partial charge is 0.358 e. The van der Waals surface area contributed by atoms with Gasteiger partial charge in [-0.05, 0) is 14.9 Å². The number of nitrogens with one attached hydrogen (secondary N) is 1. The summed E-state index contributed by atoms with van der Waals surface area (Å²) in [5.74, 6) is -1.64. The fourth-order valence-electron chi connectivity index (χ4n) is 1.31. The second kappa shape index (κ2) is 4.13. The molecule has 0 aliphatic heterocycles. The van der Waals surface area contributed by atoms with Crippen LogP contribution in [-0.2, 0) is 0 Å². The Morgan fingerprint density at radius 2 is 1.79 bits per heavy atom. The van der Waals surface area contributed by atoms with Crippen molar-refractivity contribution in [3.63, 3.8) is 0 Å². The molecule has 0 radical (unpaired) electrons. The molecule has 0 spiro atoms. The quantitative estimate of drug-likeness (QED) is 0.608. The van der Waals surface area contributed by atoms with Crippen LogP contribution < -0.4 is 0 Å². The average molecular weight is 269 g/mol. The topological polar surface area (TPSA) is 176 Å². The van der Waals surface area contributed by atoms with Crippen molar-refractivity contribution in [1.82, 2.24) is 20.0 Å². The van der Waals surface area contributed by atoms with Gasteiger partial charge in [-0.2, -0.15) is 5.10 Å². The van der Waals surface area contributed by atoms with Gasteiger partial charge in [0.2, 0.25) is 0 Å². The number of nitrogens with zero attached hydrogens (tertiary/aromatic N) is 6. The van der Waals surface area contributed by atoms with Crippen LogP contribution in [0.15, 0.2) is 12.4 Å². The fraction of sp³-hybridized carbons (Fsp3) is 0. The van der Waals surface area contributed by atoms with Gasteiger partial charge in [-0.25, -0.2) is 4.68 Å². The zero-order chi connectivity index (χ0) is 14.2. The summed E-state index contributed by atoms with van der Waals surface area (Å²) in [5.41, 5.74) is -1.05. The highest BCUT2D eigenvalue weighted by Gasteiger charge is 2.34. The van der Waals surface area contributed by atoms with E-state index in [4.69, 9.17) is 0 Å². The third-order valence-electron chi connectivity index (χ3n) is 2.07. The van der Waals surface area contributed by atoms with Crippen LogP contribution >= 0.6 is 0 Å². The molecule has 98 valence electrons. The van der Waals surface area contributed by atoms with Gasteiger partial charge >= 0.3 is 17.3 Å². The van der Waals surface area contributed by atoms with Gasteiger partial charge in [0, 0.05) is 0 Å². The van der Waals surface area contributed by atoms with Gasteiger partial charge in [0.1, 0.15) is 17.5 Å². The molecule has 0 aromatic carbocycles. The van der Waals surface area contributed by atoms with Crippen LogP contribution in [-0.4, -0.2) is 34.7 Å². The molecule has 0 unspecified atom stereocenters. The highest BCUT2D eigenvalue weighted by atomic mass is 16.6. The monoisotopic (exact) mass is 269 g/mol. The van der Waals surface area contributed by atoms with Crippen molar-refractivity contribution in [2.75, 3.05) is 0 Å². The SMILES string of the molecule is O=[N+]([O-])c1cnn(-c2c([N+](=O)[O-])n[nH]c2[N+](=O)[O-])c1. The molecule has 0 saturated carbocycles. The van der Waals surface area contributed by atoms with Crippen LogP contribution in [0.4, 0.5) is 17.3 Å². The van der Waals surface area contributed by atoms with Gasteiger partial charge in [0.25, 0.3) is 5.69 Å². The van der Waals surface area contributed by atoms with Crippen LogP contribution in [0.1, 0.15) is 0 Å². The predicted molar refractivity (Wildman–Crippen MR) is 55.7 cm³/mol. The minimum absolute atomic E-state index is 0.468. The summed E-state index contributed by atoms with van der Waals surface area (Å²) in [6, 6.07) is 0. The molecule has 2 aromatic heterocycles. The van der Waals surface area contributed by atoms with Crippen molar-refractivity contribution >= 4 is 17.3 Å². The number of aromatic amines is 1. The van der Waals surface area contributed by atoms with Gasteiger partial charge in [-0.3, -0.25) is 10.1 Å². The van der Waals surface area contributed by atoms with Crippen molar-refractivity contribution in [3.05, 3.63) is 42.7 Å². The van der Waals surface area contributed by atoms with E-state index in [1.165, 1.54) is 0 Å². The largest absolute Gasteiger partial charge is 0.446 e. The van der Waals surface area contributed by atoms with E-state index in [2.05, 4.69) is 10.2 Å². The van der Waals surface area contributed by atoms with E-state index >= 15 is 0 Å². The Labute approximate surface area is 101 Å². The van der Waals surface area contributed by atoms with Gasteiger partial charge in [-0.15, -0.1) is 0 Å². The molecule has 13 nitrogen and oxygen atoms in total. The summed E-state index contributed by atoms with van der Waals surface area (Å²) >= 11 is 0. The highest BCUT2D eigenvalue weighted by molar-refractivity contribution is 5.58. The van der Waals surface area contributed by atoms with Gasteiger partial charge in [0.05, 0.1) is 4.92 Å². The Balaban J connectivity index is 2.64. The maximum Gasteiger partial charge on any atom is 0.446 e. The maximum absolute atomic E-state index is 10.7. The summed E-state index contributed by atoms with van der Waals surface area (Å²) in [6.45, 7) is 0. The Morgan fingerprint density at radius 1 is 1.11 bits per heavy atom. The van der Waals surface area contributed by atoms with Crippen LogP contribution in [0, 0.1) is 30.3 Å². The van der Waals surface area contributed by atoms with E-state index in [9.17, 15) is 30.3 Å². The van der Waals surface area contributed by atoms with Crippen molar-refractivity contribution < 1.29 is 14.8 Å². The summed E-state index contributed by atoms with van der Waals surface area (Å²) in [5, 5.41) is 40.4. The van der Waals surface area contributed by atoms with Gasteiger partial charge < -0.3 is 20.2 Å². The minimum Gasteiger partial charge on any atom is -0.358 e. The first-order valence-corrected chi connectivity index (χ1v) is 4.48. The molecule has 0 aliphatic carbocycles. The third-order valence-corrected chi connectivity index (χ3v) is 2.07. The second-order valence-corrected chi connectivity index (χ2v) is 3.16. The lowest BCUT2D eigenvalue weighted by Crippen LogP contribution is -2.02. The average Bonchev–Trinajstić information content (AvgIpc) is 2.95. The first-order chi connectivity index (χ1) is 8.91. The standard InChI is InChI=1S/C6H3N7O6/c14-11(15)3-1-7-10(2-3)4-5(12(16)17)8-9-6(4)13(18)19/h1-2H,(H,8,9). The number of hydrogen-bond acceptors (Lipinski definition) is 8. The Morgan fingerprint density at radius 3 is 2.26 bits per heavy atom. The molecule has 0 aliphatic rings. The summed E-state index contributed by atoms with van der Waals surface area (Å²) in [6.07, 6.45) is 1.62. The first-order valence-electron chi connectivity index (χ1n) is 4.48. The molecule has 0 atom stereocenters. The van der Waals surface area contributed by atoms with E-state index in [0.29, 0.717) is 4.68 Å². The molecule has 0 amide bonds. The van der Waals surface area contributed by atoms with Crippen LogP contribution in [0.25, 0.3) is 5.69 Å². The molecule has 2 rings (SSSR count). The Hall–Kier alpha value is -3.38. The number of aromatic nitrogens is 4. The zero-order valence-corrected chi connectivity index (χ0v) is 8.79. The van der Waals surface area contributed by atoms with E-state index in [1.54, 1.807) is 0 Å². The normalized spacial score (nSPS) is 10.3. The lowest BCUT2D eigenvalue weighted by atomic mass is 10.4. The predicted octanol–water partition coefficient (Wildman–Crippen LogP) is 0.320. The Bertz CT molecular complexity index is 655. The van der Waals surface area contributed by atoms with E-state index in [0.717, 1.165) is 12.4 Å². The van der Waals surface area contributed by atoms with Gasteiger partial charge in [-0.1, -0.05) is 0 Å². The Kier molecular flexibility index (Phi) is 2.63. The van der Waals surface area contributed by atoms with E-state index in [1.807, 2.05) is 5.10 Å². The number of rotatable bonds is 4.